The first-order valence-electron chi connectivity index (χ1n) is 10.6. The van der Waals surface area contributed by atoms with Crippen molar-refractivity contribution < 1.29 is 8.42 Å². The molecule has 0 aliphatic heterocycles. The highest BCUT2D eigenvalue weighted by Gasteiger charge is 2.26. The molecule has 4 aromatic rings. The van der Waals surface area contributed by atoms with Crippen LogP contribution in [-0.4, -0.2) is 17.7 Å². The number of benzene rings is 3. The average Bonchev–Trinajstić information content (AvgIpc) is 2.75. The molecule has 0 unspecified atom stereocenters. The van der Waals surface area contributed by atoms with E-state index in [2.05, 4.69) is 4.98 Å². The Morgan fingerprint density at radius 2 is 1.52 bits per heavy atom. The van der Waals surface area contributed by atoms with Crippen molar-refractivity contribution in [1.29, 1.82) is 0 Å². The van der Waals surface area contributed by atoms with Crippen molar-refractivity contribution in [2.24, 2.45) is 0 Å². The molecule has 0 fully saturated rings. The predicted octanol–water partition coefficient (Wildman–Crippen LogP) is 5.50. The van der Waals surface area contributed by atoms with Crippen LogP contribution in [-0.2, 0) is 23.1 Å². The number of aryl methyl sites for hydroxylation is 3. The Kier molecular flexibility index (Phi) is 6.43. The van der Waals surface area contributed by atoms with E-state index < -0.39 is 10.0 Å². The van der Waals surface area contributed by atoms with Crippen LogP contribution in [0.3, 0.4) is 0 Å². The molecule has 4 rings (SSSR count). The fraction of sp³-hybridized carbons (Fsp3) is 0.192. The topological polar surface area (TPSA) is 70.2 Å². The van der Waals surface area contributed by atoms with Crippen molar-refractivity contribution in [3.8, 4) is 0 Å². The maximum atomic E-state index is 13.6. The average molecular weight is 481 g/mol. The molecule has 1 aromatic heterocycles. The van der Waals surface area contributed by atoms with Gasteiger partial charge in [0, 0.05) is 34.6 Å². The van der Waals surface area contributed by atoms with Crippen LogP contribution in [0.5, 0.6) is 0 Å². The summed E-state index contributed by atoms with van der Waals surface area (Å²) < 4.78 is 28.5. The minimum atomic E-state index is -3.89. The quantitative estimate of drug-likeness (QED) is 0.396. The zero-order valence-electron chi connectivity index (χ0n) is 18.7. The molecule has 170 valence electrons. The summed E-state index contributed by atoms with van der Waals surface area (Å²) in [4.78, 5) is 16.0. The highest BCUT2D eigenvalue weighted by Crippen LogP contribution is 2.24. The Morgan fingerprint density at radius 3 is 2.18 bits per heavy atom. The third-order valence-electron chi connectivity index (χ3n) is 5.67. The van der Waals surface area contributed by atoms with Gasteiger partial charge in [-0.3, -0.25) is 4.79 Å². The van der Waals surface area contributed by atoms with Crippen molar-refractivity contribution in [2.75, 3.05) is 0 Å². The first-order chi connectivity index (χ1) is 15.6. The number of aromatic nitrogens is 1. The van der Waals surface area contributed by atoms with Crippen molar-refractivity contribution in [3.05, 3.63) is 110 Å². The molecule has 0 atom stereocenters. The number of fused-ring (bicyclic) bond motifs is 1. The van der Waals surface area contributed by atoms with Crippen LogP contribution in [0.1, 0.15) is 27.8 Å². The van der Waals surface area contributed by atoms with Crippen molar-refractivity contribution >= 4 is 32.5 Å². The third-order valence-corrected chi connectivity index (χ3v) is 7.73. The maximum Gasteiger partial charge on any atom is 0.252 e. The minimum Gasteiger partial charge on any atom is -0.322 e. The van der Waals surface area contributed by atoms with E-state index in [9.17, 15) is 13.2 Å². The Labute approximate surface area is 198 Å². The van der Waals surface area contributed by atoms with E-state index in [1.54, 1.807) is 18.2 Å². The second kappa shape index (κ2) is 9.14. The van der Waals surface area contributed by atoms with E-state index in [0.717, 1.165) is 33.2 Å². The lowest BCUT2D eigenvalue weighted by Gasteiger charge is -2.23. The van der Waals surface area contributed by atoms with E-state index in [1.807, 2.05) is 57.2 Å². The highest BCUT2D eigenvalue weighted by molar-refractivity contribution is 7.89. The molecule has 0 bridgehead atoms. The summed E-state index contributed by atoms with van der Waals surface area (Å²) in [6.07, 6.45) is 0. The highest BCUT2D eigenvalue weighted by atomic mass is 35.5. The summed E-state index contributed by atoms with van der Waals surface area (Å²) in [6.45, 7) is 6.00. The van der Waals surface area contributed by atoms with E-state index in [1.165, 1.54) is 16.4 Å². The summed E-state index contributed by atoms with van der Waals surface area (Å²) >= 11 is 5.96. The Hall–Kier alpha value is -2.93. The normalized spacial score (nSPS) is 11.9. The van der Waals surface area contributed by atoms with Crippen LogP contribution < -0.4 is 5.56 Å². The van der Waals surface area contributed by atoms with Crippen LogP contribution >= 0.6 is 11.6 Å². The minimum absolute atomic E-state index is 0.0581. The van der Waals surface area contributed by atoms with Crippen LogP contribution in [0.2, 0.25) is 5.02 Å². The van der Waals surface area contributed by atoms with Crippen molar-refractivity contribution in [2.45, 2.75) is 38.8 Å². The lowest BCUT2D eigenvalue weighted by molar-refractivity contribution is 0.400. The number of nitrogens with one attached hydrogen (secondary N) is 1. The van der Waals surface area contributed by atoms with Gasteiger partial charge in [-0.1, -0.05) is 47.5 Å². The molecule has 5 nitrogen and oxygen atoms in total. The van der Waals surface area contributed by atoms with Gasteiger partial charge in [0.15, 0.2) is 0 Å². The first-order valence-corrected chi connectivity index (χ1v) is 12.4. The zero-order valence-corrected chi connectivity index (χ0v) is 20.3. The lowest BCUT2D eigenvalue weighted by Crippen LogP contribution is -2.32. The van der Waals surface area contributed by atoms with E-state index in [-0.39, 0.29) is 23.5 Å². The van der Waals surface area contributed by atoms with Gasteiger partial charge in [0.1, 0.15) is 0 Å². The molecule has 0 radical (unpaired) electrons. The Bertz CT molecular complexity index is 1480. The van der Waals surface area contributed by atoms with Gasteiger partial charge < -0.3 is 4.98 Å². The predicted molar refractivity (Wildman–Crippen MR) is 133 cm³/mol. The molecule has 0 spiro atoms. The number of halogens is 1. The molecular weight excluding hydrogens is 456 g/mol. The monoisotopic (exact) mass is 480 g/mol. The van der Waals surface area contributed by atoms with Crippen LogP contribution in [0.25, 0.3) is 10.9 Å². The second-order valence-corrected chi connectivity index (χ2v) is 10.8. The fourth-order valence-electron chi connectivity index (χ4n) is 3.90. The van der Waals surface area contributed by atoms with Crippen molar-refractivity contribution in [1.82, 2.24) is 9.29 Å². The zero-order chi connectivity index (χ0) is 23.8. The Balaban J connectivity index is 1.79. The molecule has 33 heavy (non-hydrogen) atoms. The fourth-order valence-corrected chi connectivity index (χ4v) is 5.43. The molecule has 0 saturated carbocycles. The smallest absolute Gasteiger partial charge is 0.252 e. The van der Waals surface area contributed by atoms with Gasteiger partial charge in [0.25, 0.3) is 5.56 Å². The van der Waals surface area contributed by atoms with Gasteiger partial charge in [-0.2, -0.15) is 4.31 Å². The number of H-pyrrole nitrogens is 1. The summed E-state index contributed by atoms with van der Waals surface area (Å²) in [6, 6.07) is 19.5. The molecule has 1 N–H and O–H groups in total. The number of sulfonamides is 1. The van der Waals surface area contributed by atoms with E-state index in [4.69, 9.17) is 11.6 Å². The number of hydrogen-bond donors (Lipinski definition) is 1. The van der Waals surface area contributed by atoms with Gasteiger partial charge in [-0.15, -0.1) is 0 Å². The van der Waals surface area contributed by atoms with Crippen molar-refractivity contribution in [3.63, 3.8) is 0 Å². The summed E-state index contributed by atoms with van der Waals surface area (Å²) in [5.41, 5.74) is 4.83. The molecule has 0 aliphatic rings. The van der Waals surface area contributed by atoms with Gasteiger partial charge in [-0.25, -0.2) is 8.42 Å². The summed E-state index contributed by atoms with van der Waals surface area (Å²) in [5.74, 6) is 0. The molecule has 7 heteroatoms. The Morgan fingerprint density at radius 1 is 0.848 bits per heavy atom. The van der Waals surface area contributed by atoms with E-state index in [0.29, 0.717) is 10.6 Å². The molecule has 3 aromatic carbocycles. The number of rotatable bonds is 6. The number of hydrogen-bond acceptors (Lipinski definition) is 3. The maximum absolute atomic E-state index is 13.6. The van der Waals surface area contributed by atoms with Gasteiger partial charge in [0.2, 0.25) is 10.0 Å². The molecule has 0 saturated heterocycles. The molecular formula is C26H25ClN2O3S. The van der Waals surface area contributed by atoms with Crippen LogP contribution in [0.15, 0.2) is 76.4 Å². The largest absolute Gasteiger partial charge is 0.322 e. The number of pyridine rings is 1. The van der Waals surface area contributed by atoms with Crippen LogP contribution in [0, 0.1) is 20.8 Å². The molecule has 1 heterocycles. The van der Waals surface area contributed by atoms with Gasteiger partial charge in [-0.05, 0) is 73.9 Å². The first kappa shape index (κ1) is 23.2. The standard InChI is InChI=1S/C26H25ClN2O3S/c1-17-4-6-20(7-5-17)15-29(33(31,32)23-10-8-22(27)9-11-23)16-21-14-24-19(3)12-18(2)13-25(24)28-26(21)30/h4-14H,15-16H2,1-3H3,(H,28,30). The molecule has 0 aliphatic carbocycles. The summed E-state index contributed by atoms with van der Waals surface area (Å²) in [7, 11) is -3.89. The lowest BCUT2D eigenvalue weighted by atomic mass is 10.0. The summed E-state index contributed by atoms with van der Waals surface area (Å²) in [5, 5.41) is 1.35. The second-order valence-electron chi connectivity index (χ2n) is 8.38. The van der Waals surface area contributed by atoms with Gasteiger partial charge in [0.05, 0.1) is 4.90 Å². The van der Waals surface area contributed by atoms with Gasteiger partial charge >= 0.3 is 0 Å². The van der Waals surface area contributed by atoms with Crippen LogP contribution in [0.4, 0.5) is 0 Å². The number of aromatic amines is 1. The molecule has 0 amide bonds. The number of nitrogens with zero attached hydrogens (tertiary/aromatic N) is 1. The third kappa shape index (κ3) is 5.03. The SMILES string of the molecule is Cc1ccc(CN(Cc2cc3c(C)cc(C)cc3[nH]c2=O)S(=O)(=O)c2ccc(Cl)cc2)cc1. The van der Waals surface area contributed by atoms with E-state index >= 15 is 0 Å².